The van der Waals surface area contributed by atoms with Crippen LogP contribution in [-0.4, -0.2) is 0 Å². The summed E-state index contributed by atoms with van der Waals surface area (Å²) in [6.45, 7) is 1.48. The second kappa shape index (κ2) is 6.44. The lowest BCUT2D eigenvalue weighted by molar-refractivity contribution is 0.693. The van der Waals surface area contributed by atoms with Crippen molar-refractivity contribution >= 4 is 34.8 Å². The van der Waals surface area contributed by atoms with Crippen LogP contribution in [0.2, 0.25) is 15.1 Å². The van der Waals surface area contributed by atoms with Crippen molar-refractivity contribution in [2.75, 3.05) is 0 Å². The first-order valence-corrected chi connectivity index (χ1v) is 6.67. The zero-order valence-corrected chi connectivity index (χ0v) is 11.9. The summed E-state index contributed by atoms with van der Waals surface area (Å²) < 4.78 is 0. The Bertz CT molecular complexity index is 523. The van der Waals surface area contributed by atoms with E-state index < -0.39 is 0 Å². The molecule has 94 valence electrons. The largest absolute Gasteiger partial charge is 0.309 e. The molecule has 0 fully saturated rings. The van der Waals surface area contributed by atoms with Crippen molar-refractivity contribution < 1.29 is 0 Å². The average Bonchev–Trinajstić information content (AvgIpc) is 2.34. The van der Waals surface area contributed by atoms with Crippen LogP contribution >= 0.6 is 34.8 Å². The molecule has 2 rings (SSSR count). The molecule has 0 bridgehead atoms. The van der Waals surface area contributed by atoms with Gasteiger partial charge >= 0.3 is 0 Å². The lowest BCUT2D eigenvalue weighted by atomic mass is 10.2. The minimum absolute atomic E-state index is 0.654. The monoisotopic (exact) mass is 299 g/mol. The van der Waals surface area contributed by atoms with Crippen molar-refractivity contribution in [2.45, 2.75) is 13.1 Å². The molecule has 0 heterocycles. The summed E-state index contributed by atoms with van der Waals surface area (Å²) >= 11 is 17.8. The fraction of sp³-hybridized carbons (Fsp3) is 0.143. The van der Waals surface area contributed by atoms with Crippen molar-refractivity contribution in [3.05, 3.63) is 68.7 Å². The Hall–Kier alpha value is -0.730. The molecule has 0 unspecified atom stereocenters. The van der Waals surface area contributed by atoms with Crippen LogP contribution in [0.5, 0.6) is 0 Å². The number of halogens is 3. The third-order valence-corrected chi connectivity index (χ3v) is 3.41. The fourth-order valence-electron chi connectivity index (χ4n) is 1.61. The molecule has 0 atom stereocenters. The van der Waals surface area contributed by atoms with E-state index in [1.165, 1.54) is 5.56 Å². The van der Waals surface area contributed by atoms with Crippen LogP contribution < -0.4 is 5.32 Å². The molecular weight excluding hydrogens is 289 g/mol. The third-order valence-electron chi connectivity index (χ3n) is 2.57. The molecule has 2 aromatic rings. The second-order valence-electron chi connectivity index (χ2n) is 3.97. The van der Waals surface area contributed by atoms with Crippen LogP contribution in [0.15, 0.2) is 42.5 Å². The molecule has 4 heteroatoms. The van der Waals surface area contributed by atoms with Crippen LogP contribution in [0.25, 0.3) is 0 Å². The average molecular weight is 301 g/mol. The third kappa shape index (κ3) is 3.89. The van der Waals surface area contributed by atoms with Gasteiger partial charge in [0.15, 0.2) is 0 Å². The number of hydrogen-bond donors (Lipinski definition) is 1. The van der Waals surface area contributed by atoms with E-state index >= 15 is 0 Å². The number of hydrogen-bond acceptors (Lipinski definition) is 1. The summed E-state index contributed by atoms with van der Waals surface area (Å²) in [6.07, 6.45) is 0. The Morgan fingerprint density at radius 1 is 0.778 bits per heavy atom. The SMILES string of the molecule is Clc1ccc(CNCc2ccc(Cl)cc2Cl)cc1. The minimum atomic E-state index is 0.654. The first-order valence-electron chi connectivity index (χ1n) is 5.54. The highest BCUT2D eigenvalue weighted by molar-refractivity contribution is 6.35. The van der Waals surface area contributed by atoms with Gasteiger partial charge in [0.1, 0.15) is 0 Å². The van der Waals surface area contributed by atoms with Crippen LogP contribution in [0.4, 0.5) is 0 Å². The van der Waals surface area contributed by atoms with E-state index in [-0.39, 0.29) is 0 Å². The molecule has 0 amide bonds. The standard InChI is InChI=1S/C14H12Cl3N/c15-12-4-1-10(2-5-12)8-18-9-11-3-6-13(16)7-14(11)17/h1-7,18H,8-9H2. The smallest absolute Gasteiger partial charge is 0.0465 e. The van der Waals surface area contributed by atoms with Gasteiger partial charge in [0.2, 0.25) is 0 Å². The molecule has 0 aliphatic carbocycles. The molecule has 0 aliphatic heterocycles. The number of rotatable bonds is 4. The first kappa shape index (κ1) is 13.7. The van der Waals surface area contributed by atoms with Crippen molar-refractivity contribution in [3.63, 3.8) is 0 Å². The quantitative estimate of drug-likeness (QED) is 0.843. The Labute approximate surface area is 122 Å². The Morgan fingerprint density at radius 3 is 2.11 bits per heavy atom. The molecule has 0 radical (unpaired) electrons. The molecule has 0 spiro atoms. The lowest BCUT2D eigenvalue weighted by Gasteiger charge is -2.07. The van der Waals surface area contributed by atoms with Gasteiger partial charge in [0, 0.05) is 28.2 Å². The van der Waals surface area contributed by atoms with Gasteiger partial charge in [0.25, 0.3) is 0 Å². The molecular formula is C14H12Cl3N. The molecule has 1 nitrogen and oxygen atoms in total. The van der Waals surface area contributed by atoms with E-state index in [9.17, 15) is 0 Å². The Kier molecular flexibility index (Phi) is 4.90. The molecule has 0 aromatic heterocycles. The topological polar surface area (TPSA) is 12.0 Å². The number of nitrogens with one attached hydrogen (secondary N) is 1. The summed E-state index contributed by atoms with van der Waals surface area (Å²) in [6, 6.07) is 13.3. The molecule has 0 saturated heterocycles. The van der Waals surface area contributed by atoms with Crippen LogP contribution in [0, 0.1) is 0 Å². The van der Waals surface area contributed by atoms with Crippen LogP contribution in [0.3, 0.4) is 0 Å². The molecule has 0 saturated carbocycles. The lowest BCUT2D eigenvalue weighted by Crippen LogP contribution is -2.12. The van der Waals surface area contributed by atoms with Gasteiger partial charge in [-0.15, -0.1) is 0 Å². The fourth-order valence-corrected chi connectivity index (χ4v) is 2.21. The van der Waals surface area contributed by atoms with Gasteiger partial charge in [-0.3, -0.25) is 0 Å². The maximum atomic E-state index is 6.09. The van der Waals surface area contributed by atoms with Gasteiger partial charge < -0.3 is 5.32 Å². The van der Waals surface area contributed by atoms with Gasteiger partial charge in [-0.05, 0) is 35.4 Å². The maximum absolute atomic E-state index is 6.09. The summed E-state index contributed by atoms with van der Waals surface area (Å²) in [4.78, 5) is 0. The van der Waals surface area contributed by atoms with Gasteiger partial charge in [-0.2, -0.15) is 0 Å². The van der Waals surface area contributed by atoms with E-state index in [0.717, 1.165) is 17.1 Å². The van der Waals surface area contributed by atoms with Crippen molar-refractivity contribution in [2.24, 2.45) is 0 Å². The van der Waals surface area contributed by atoms with Crippen molar-refractivity contribution in [3.8, 4) is 0 Å². The van der Waals surface area contributed by atoms with Crippen LogP contribution in [-0.2, 0) is 13.1 Å². The molecule has 2 aromatic carbocycles. The highest BCUT2D eigenvalue weighted by Crippen LogP contribution is 2.20. The Morgan fingerprint density at radius 2 is 1.44 bits per heavy atom. The predicted molar refractivity (Wildman–Crippen MR) is 78.5 cm³/mol. The second-order valence-corrected chi connectivity index (χ2v) is 5.25. The molecule has 1 N–H and O–H groups in total. The molecule has 0 aliphatic rings. The van der Waals surface area contributed by atoms with Crippen molar-refractivity contribution in [1.29, 1.82) is 0 Å². The predicted octanol–water partition coefficient (Wildman–Crippen LogP) is 4.94. The van der Waals surface area contributed by atoms with E-state index in [1.54, 1.807) is 6.07 Å². The zero-order chi connectivity index (χ0) is 13.0. The highest BCUT2D eigenvalue weighted by Gasteiger charge is 2.01. The van der Waals surface area contributed by atoms with Gasteiger partial charge in [-0.1, -0.05) is 53.0 Å². The van der Waals surface area contributed by atoms with E-state index in [0.29, 0.717) is 16.6 Å². The summed E-state index contributed by atoms with van der Waals surface area (Å²) in [7, 11) is 0. The molecule has 18 heavy (non-hydrogen) atoms. The minimum Gasteiger partial charge on any atom is -0.309 e. The van der Waals surface area contributed by atoms with Crippen LogP contribution in [0.1, 0.15) is 11.1 Å². The number of benzene rings is 2. The summed E-state index contributed by atoms with van der Waals surface area (Å²) in [5.41, 5.74) is 2.22. The van der Waals surface area contributed by atoms with Gasteiger partial charge in [-0.25, -0.2) is 0 Å². The van der Waals surface area contributed by atoms with Gasteiger partial charge in [0.05, 0.1) is 0 Å². The zero-order valence-electron chi connectivity index (χ0n) is 9.59. The van der Waals surface area contributed by atoms with E-state index in [2.05, 4.69) is 5.32 Å². The summed E-state index contributed by atoms with van der Waals surface area (Å²) in [5, 5.41) is 5.42. The van der Waals surface area contributed by atoms with Crippen molar-refractivity contribution in [1.82, 2.24) is 5.32 Å². The Balaban J connectivity index is 1.90. The summed E-state index contributed by atoms with van der Waals surface area (Å²) in [5.74, 6) is 0. The van der Waals surface area contributed by atoms with E-state index in [1.807, 2.05) is 36.4 Å². The first-order chi connectivity index (χ1) is 8.65. The van der Waals surface area contributed by atoms with E-state index in [4.69, 9.17) is 34.8 Å². The maximum Gasteiger partial charge on any atom is 0.0465 e. The highest BCUT2D eigenvalue weighted by atomic mass is 35.5. The normalized spacial score (nSPS) is 10.6.